The fourth-order valence-corrected chi connectivity index (χ4v) is 1.08. The third-order valence-corrected chi connectivity index (χ3v) is 1.94. The van der Waals surface area contributed by atoms with Crippen LogP contribution in [0.1, 0.15) is 39.0 Å². The van der Waals surface area contributed by atoms with Crippen molar-refractivity contribution in [3.63, 3.8) is 0 Å². The van der Waals surface area contributed by atoms with E-state index in [1.165, 1.54) is 26.2 Å². The van der Waals surface area contributed by atoms with Crippen molar-refractivity contribution in [1.29, 1.82) is 0 Å². The summed E-state index contributed by atoms with van der Waals surface area (Å²) in [6, 6.07) is 0. The summed E-state index contributed by atoms with van der Waals surface area (Å²) >= 11 is 0. The normalized spacial score (nSPS) is 17.1. The highest BCUT2D eigenvalue weighted by molar-refractivity contribution is 5.84. The number of hydrogen-bond acceptors (Lipinski definition) is 2. The number of carboxylic acid groups (broad SMARTS) is 1. The Labute approximate surface area is 79.1 Å². The maximum absolute atomic E-state index is 9.60. The first-order valence-corrected chi connectivity index (χ1v) is 4.61. The lowest BCUT2D eigenvalue weighted by molar-refractivity contribution is -0.132. The van der Waals surface area contributed by atoms with Crippen LogP contribution in [-0.2, 0) is 4.79 Å². The molecule has 1 aliphatic rings. The molecular formula is C10H18O3. The van der Waals surface area contributed by atoms with Crippen molar-refractivity contribution in [1.82, 2.24) is 0 Å². The molecule has 3 heteroatoms. The second-order valence-electron chi connectivity index (χ2n) is 3.38. The van der Waals surface area contributed by atoms with Gasteiger partial charge in [-0.25, -0.2) is 4.79 Å². The lowest BCUT2D eigenvalue weighted by Gasteiger charge is -2.14. The van der Waals surface area contributed by atoms with Crippen molar-refractivity contribution in [2.45, 2.75) is 45.1 Å². The topological polar surface area (TPSA) is 57.5 Å². The molecule has 76 valence electrons. The van der Waals surface area contributed by atoms with E-state index < -0.39 is 5.97 Å². The number of aliphatic carboxylic acids is 1. The van der Waals surface area contributed by atoms with Gasteiger partial charge in [0.1, 0.15) is 0 Å². The summed E-state index contributed by atoms with van der Waals surface area (Å²) < 4.78 is 0. The van der Waals surface area contributed by atoms with Gasteiger partial charge >= 0.3 is 5.97 Å². The first kappa shape index (κ1) is 12.2. The molecule has 1 rings (SSSR count). The van der Waals surface area contributed by atoms with E-state index >= 15 is 0 Å². The predicted octanol–water partition coefficient (Wildman–Crippen LogP) is 1.96. The highest BCUT2D eigenvalue weighted by Crippen LogP contribution is 2.16. The number of aliphatic hydroxyl groups excluding tert-OH is 1. The zero-order chi connectivity index (χ0) is 10.3. The molecule has 0 heterocycles. The number of aliphatic hydroxyl groups is 1. The van der Waals surface area contributed by atoms with Crippen LogP contribution in [0.15, 0.2) is 12.2 Å². The molecular weight excluding hydrogens is 168 g/mol. The lowest BCUT2D eigenvalue weighted by atomic mass is 9.98. The van der Waals surface area contributed by atoms with Crippen LogP contribution in [0.4, 0.5) is 0 Å². The minimum atomic E-state index is -0.935. The predicted molar refractivity (Wildman–Crippen MR) is 51.5 cm³/mol. The van der Waals surface area contributed by atoms with Gasteiger partial charge in [-0.1, -0.05) is 25.8 Å². The average Bonchev–Trinajstić information content (AvgIpc) is 2.06. The molecule has 0 aromatic heterocycles. The number of hydrogen-bond donors (Lipinski definition) is 2. The molecule has 0 aliphatic heterocycles. The third kappa shape index (κ3) is 7.53. The summed E-state index contributed by atoms with van der Waals surface area (Å²) in [5.74, 6) is -0.935. The molecule has 0 aromatic carbocycles. The molecule has 13 heavy (non-hydrogen) atoms. The number of carboxylic acids is 1. The Kier molecular flexibility index (Phi) is 6.24. The van der Waals surface area contributed by atoms with Crippen LogP contribution < -0.4 is 0 Å². The van der Waals surface area contributed by atoms with E-state index in [1.54, 1.807) is 0 Å². The molecule has 0 radical (unpaired) electrons. The summed E-state index contributed by atoms with van der Waals surface area (Å²) in [5.41, 5.74) is 0.176. The Morgan fingerprint density at radius 2 is 1.69 bits per heavy atom. The fourth-order valence-electron chi connectivity index (χ4n) is 1.08. The van der Waals surface area contributed by atoms with Crippen LogP contribution >= 0.6 is 0 Å². The van der Waals surface area contributed by atoms with E-state index in [1.807, 2.05) is 0 Å². The van der Waals surface area contributed by atoms with Gasteiger partial charge in [0.25, 0.3) is 0 Å². The van der Waals surface area contributed by atoms with E-state index in [2.05, 4.69) is 6.58 Å². The number of rotatable bonds is 1. The van der Waals surface area contributed by atoms with Crippen molar-refractivity contribution in [2.24, 2.45) is 0 Å². The van der Waals surface area contributed by atoms with Crippen LogP contribution in [0, 0.1) is 0 Å². The minimum Gasteiger partial charge on any atom is -0.478 e. The first-order chi connectivity index (χ1) is 6.04. The van der Waals surface area contributed by atoms with Crippen molar-refractivity contribution >= 4 is 5.97 Å². The van der Waals surface area contributed by atoms with Gasteiger partial charge in [0, 0.05) is 5.57 Å². The van der Waals surface area contributed by atoms with Gasteiger partial charge in [-0.2, -0.15) is 0 Å². The molecule has 0 unspecified atom stereocenters. The molecule has 1 saturated carbocycles. The number of carbonyl (C=O) groups is 1. The molecule has 1 aliphatic carbocycles. The molecule has 0 aromatic rings. The van der Waals surface area contributed by atoms with Crippen LogP contribution in [0.2, 0.25) is 0 Å². The molecule has 0 bridgehead atoms. The quantitative estimate of drug-likeness (QED) is 0.615. The summed E-state index contributed by atoms with van der Waals surface area (Å²) in [5, 5.41) is 16.8. The molecule has 1 fully saturated rings. The van der Waals surface area contributed by atoms with Crippen molar-refractivity contribution in [3.8, 4) is 0 Å². The van der Waals surface area contributed by atoms with Crippen LogP contribution in [-0.4, -0.2) is 22.3 Å². The minimum absolute atomic E-state index is 0.0359. The van der Waals surface area contributed by atoms with E-state index in [4.69, 9.17) is 10.2 Å². The lowest BCUT2D eigenvalue weighted by Crippen LogP contribution is -2.09. The van der Waals surface area contributed by atoms with Crippen LogP contribution in [0.3, 0.4) is 0 Å². The van der Waals surface area contributed by atoms with E-state index in [0.29, 0.717) is 0 Å². The van der Waals surface area contributed by atoms with Crippen LogP contribution in [0.25, 0.3) is 0 Å². The summed E-state index contributed by atoms with van der Waals surface area (Å²) in [7, 11) is 0. The van der Waals surface area contributed by atoms with Gasteiger partial charge in [-0.3, -0.25) is 0 Å². The Bertz CT molecular complexity index is 157. The van der Waals surface area contributed by atoms with Gasteiger partial charge in [-0.05, 0) is 19.8 Å². The van der Waals surface area contributed by atoms with E-state index in [0.717, 1.165) is 12.8 Å². The van der Waals surface area contributed by atoms with Crippen molar-refractivity contribution in [3.05, 3.63) is 12.2 Å². The molecule has 3 nitrogen and oxygen atoms in total. The van der Waals surface area contributed by atoms with Crippen LogP contribution in [0.5, 0.6) is 0 Å². The summed E-state index contributed by atoms with van der Waals surface area (Å²) in [4.78, 5) is 9.60. The maximum Gasteiger partial charge on any atom is 0.330 e. The fraction of sp³-hybridized carbons (Fsp3) is 0.700. The SMILES string of the molecule is C=C(C)C(=O)O.OC1CCCCC1. The molecule has 0 atom stereocenters. The van der Waals surface area contributed by atoms with Gasteiger partial charge in [0.2, 0.25) is 0 Å². The zero-order valence-corrected chi connectivity index (χ0v) is 8.12. The summed E-state index contributed by atoms with van der Waals surface area (Å²) in [6.45, 7) is 4.60. The Hall–Kier alpha value is -0.830. The third-order valence-electron chi connectivity index (χ3n) is 1.94. The smallest absolute Gasteiger partial charge is 0.330 e. The highest BCUT2D eigenvalue weighted by atomic mass is 16.4. The first-order valence-electron chi connectivity index (χ1n) is 4.61. The van der Waals surface area contributed by atoms with Gasteiger partial charge in [0.15, 0.2) is 0 Å². The second-order valence-corrected chi connectivity index (χ2v) is 3.38. The monoisotopic (exact) mass is 186 g/mol. The average molecular weight is 186 g/mol. The van der Waals surface area contributed by atoms with Gasteiger partial charge in [-0.15, -0.1) is 0 Å². The van der Waals surface area contributed by atoms with Crippen molar-refractivity contribution in [2.75, 3.05) is 0 Å². The standard InChI is InChI=1S/C6H12O.C4H6O2/c7-6-4-2-1-3-5-6;1-3(2)4(5)6/h6-7H,1-5H2;1H2,2H3,(H,5,6). The summed E-state index contributed by atoms with van der Waals surface area (Å²) in [6.07, 6.45) is 5.92. The molecule has 2 N–H and O–H groups in total. The van der Waals surface area contributed by atoms with Gasteiger partial charge < -0.3 is 10.2 Å². The molecule has 0 amide bonds. The van der Waals surface area contributed by atoms with E-state index in [9.17, 15) is 4.79 Å². The Morgan fingerprint density at radius 3 is 1.85 bits per heavy atom. The maximum atomic E-state index is 9.60. The largest absolute Gasteiger partial charge is 0.478 e. The van der Waals surface area contributed by atoms with Gasteiger partial charge in [0.05, 0.1) is 6.10 Å². The zero-order valence-electron chi connectivity index (χ0n) is 8.12. The van der Waals surface area contributed by atoms with E-state index in [-0.39, 0.29) is 11.7 Å². The highest BCUT2D eigenvalue weighted by Gasteiger charge is 2.07. The second kappa shape index (κ2) is 6.66. The Balaban J connectivity index is 0.000000226. The van der Waals surface area contributed by atoms with Crippen molar-refractivity contribution < 1.29 is 15.0 Å². The molecule has 0 saturated heterocycles. The Morgan fingerprint density at radius 1 is 1.31 bits per heavy atom. The molecule has 0 spiro atoms.